The lowest BCUT2D eigenvalue weighted by atomic mass is 10.1. The van der Waals surface area contributed by atoms with Crippen molar-refractivity contribution in [2.24, 2.45) is 5.92 Å². The Bertz CT molecular complexity index is 915. The molecule has 3 rings (SSSR count). The number of para-hydroxylation sites is 2. The average molecular weight is 404 g/mol. The molecule has 0 aliphatic carbocycles. The Labute approximate surface area is 165 Å². The second-order valence-corrected chi connectivity index (χ2v) is 8.61. The van der Waals surface area contributed by atoms with Gasteiger partial charge in [0.25, 0.3) is 0 Å². The van der Waals surface area contributed by atoms with Crippen molar-refractivity contribution in [2.75, 3.05) is 13.2 Å². The Kier molecular flexibility index (Phi) is 6.21. The van der Waals surface area contributed by atoms with E-state index in [4.69, 9.17) is 9.47 Å². The molecule has 0 saturated heterocycles. The number of nitrogens with one attached hydrogen (secondary N) is 2. The maximum absolute atomic E-state index is 12.6. The van der Waals surface area contributed by atoms with Crippen molar-refractivity contribution in [2.45, 2.75) is 30.9 Å². The molecular weight excluding hydrogens is 380 g/mol. The number of hydrogen-bond acceptors (Lipinski definition) is 5. The molecule has 28 heavy (non-hydrogen) atoms. The van der Waals surface area contributed by atoms with Crippen molar-refractivity contribution in [1.29, 1.82) is 0 Å². The van der Waals surface area contributed by atoms with Gasteiger partial charge in [0.05, 0.1) is 11.4 Å². The van der Waals surface area contributed by atoms with Crippen molar-refractivity contribution in [3.8, 4) is 11.5 Å². The number of amides is 1. The topological polar surface area (TPSA) is 93.7 Å². The minimum Gasteiger partial charge on any atom is -0.486 e. The van der Waals surface area contributed by atoms with Crippen LogP contribution in [0.4, 0.5) is 0 Å². The average Bonchev–Trinajstić information content (AvgIpc) is 2.70. The van der Waals surface area contributed by atoms with Crippen LogP contribution in [0, 0.1) is 5.92 Å². The van der Waals surface area contributed by atoms with Crippen LogP contribution >= 0.6 is 0 Å². The number of rotatable bonds is 7. The smallest absolute Gasteiger partial charge is 0.241 e. The summed E-state index contributed by atoms with van der Waals surface area (Å²) in [4.78, 5) is 12.8. The molecule has 0 unspecified atom stereocenters. The van der Waals surface area contributed by atoms with Gasteiger partial charge in [-0.2, -0.15) is 4.72 Å². The fraction of sp³-hybridized carbons (Fsp3) is 0.350. The van der Waals surface area contributed by atoms with Crippen molar-refractivity contribution < 1.29 is 22.7 Å². The second-order valence-electron chi connectivity index (χ2n) is 6.90. The summed E-state index contributed by atoms with van der Waals surface area (Å²) in [5.41, 5.74) is 0. The van der Waals surface area contributed by atoms with Crippen molar-refractivity contribution in [1.82, 2.24) is 10.0 Å². The van der Waals surface area contributed by atoms with E-state index < -0.39 is 22.0 Å². The van der Waals surface area contributed by atoms with Gasteiger partial charge in [-0.15, -0.1) is 0 Å². The molecule has 0 aromatic heterocycles. The lowest BCUT2D eigenvalue weighted by Crippen LogP contribution is -2.52. The van der Waals surface area contributed by atoms with Gasteiger partial charge < -0.3 is 14.8 Å². The summed E-state index contributed by atoms with van der Waals surface area (Å²) in [5.74, 6) is 0.652. The number of hydrogen-bond donors (Lipinski definition) is 2. The molecule has 0 saturated carbocycles. The highest BCUT2D eigenvalue weighted by Gasteiger charge is 2.29. The first kappa shape index (κ1) is 20.2. The first-order chi connectivity index (χ1) is 13.4. The van der Waals surface area contributed by atoms with Gasteiger partial charge in [-0.1, -0.05) is 44.2 Å². The van der Waals surface area contributed by atoms with E-state index in [0.29, 0.717) is 18.1 Å². The van der Waals surface area contributed by atoms with Crippen LogP contribution in [-0.2, 0) is 14.8 Å². The van der Waals surface area contributed by atoms with E-state index in [0.717, 1.165) is 0 Å². The van der Waals surface area contributed by atoms with E-state index in [1.807, 2.05) is 18.2 Å². The predicted octanol–water partition coefficient (Wildman–Crippen LogP) is 1.95. The van der Waals surface area contributed by atoms with Gasteiger partial charge in [-0.3, -0.25) is 4.79 Å². The summed E-state index contributed by atoms with van der Waals surface area (Å²) in [6.07, 6.45) is -0.350. The number of sulfonamides is 1. The Balaban J connectivity index is 1.61. The molecule has 2 aromatic rings. The molecule has 1 aliphatic heterocycles. The Hall–Kier alpha value is -2.58. The Morgan fingerprint density at radius 3 is 2.39 bits per heavy atom. The minimum atomic E-state index is -3.80. The molecule has 1 amide bonds. The van der Waals surface area contributed by atoms with Gasteiger partial charge in [0.1, 0.15) is 18.8 Å². The van der Waals surface area contributed by atoms with E-state index in [2.05, 4.69) is 10.0 Å². The van der Waals surface area contributed by atoms with Crippen LogP contribution in [-0.4, -0.2) is 39.6 Å². The molecule has 0 bridgehead atoms. The summed E-state index contributed by atoms with van der Waals surface area (Å²) >= 11 is 0. The Morgan fingerprint density at radius 2 is 1.71 bits per heavy atom. The largest absolute Gasteiger partial charge is 0.486 e. The maximum atomic E-state index is 12.6. The van der Waals surface area contributed by atoms with Crippen molar-refractivity contribution >= 4 is 15.9 Å². The number of benzene rings is 2. The van der Waals surface area contributed by atoms with E-state index in [1.165, 1.54) is 12.1 Å². The third-order valence-corrected chi connectivity index (χ3v) is 5.81. The van der Waals surface area contributed by atoms with Gasteiger partial charge in [0.15, 0.2) is 11.5 Å². The molecule has 0 fully saturated rings. The van der Waals surface area contributed by atoms with E-state index >= 15 is 0 Å². The van der Waals surface area contributed by atoms with Crippen molar-refractivity contribution in [3.05, 3.63) is 54.6 Å². The van der Waals surface area contributed by atoms with Gasteiger partial charge in [-0.25, -0.2) is 8.42 Å². The summed E-state index contributed by atoms with van der Waals surface area (Å²) in [7, 11) is -3.80. The highest BCUT2D eigenvalue weighted by atomic mass is 32.2. The standard InChI is InChI=1S/C20H24N2O5S/c1-14(2)19(22-28(24,25)16-8-4-3-5-9-16)20(23)21-12-15-13-26-17-10-6-7-11-18(17)27-15/h3-11,14-15,19,22H,12-13H2,1-2H3,(H,21,23)/t15-,19-/m0/s1. The normalized spacial score (nSPS) is 17.2. The van der Waals surface area contributed by atoms with Crippen molar-refractivity contribution in [3.63, 3.8) is 0 Å². The van der Waals surface area contributed by atoms with Crippen LogP contribution in [0.1, 0.15) is 13.8 Å². The van der Waals surface area contributed by atoms with Crippen LogP contribution in [0.3, 0.4) is 0 Å². The zero-order valence-corrected chi connectivity index (χ0v) is 16.6. The fourth-order valence-electron chi connectivity index (χ4n) is 2.82. The zero-order chi connectivity index (χ0) is 20.1. The quantitative estimate of drug-likeness (QED) is 0.736. The van der Waals surface area contributed by atoms with E-state index in [9.17, 15) is 13.2 Å². The molecular formula is C20H24N2O5S. The molecule has 0 radical (unpaired) electrons. The van der Waals surface area contributed by atoms with Crippen LogP contribution in [0.5, 0.6) is 11.5 Å². The molecule has 0 spiro atoms. The highest BCUT2D eigenvalue weighted by Crippen LogP contribution is 2.30. The van der Waals surface area contributed by atoms with E-state index in [1.54, 1.807) is 38.1 Å². The number of carbonyl (C=O) groups excluding carboxylic acids is 1. The van der Waals surface area contributed by atoms with Gasteiger partial charge in [0.2, 0.25) is 15.9 Å². The monoisotopic (exact) mass is 404 g/mol. The molecule has 2 aromatic carbocycles. The second kappa shape index (κ2) is 8.62. The fourth-order valence-corrected chi connectivity index (χ4v) is 4.18. The van der Waals surface area contributed by atoms with Crippen LogP contribution in [0.2, 0.25) is 0 Å². The molecule has 1 aliphatic rings. The first-order valence-electron chi connectivity index (χ1n) is 9.10. The first-order valence-corrected chi connectivity index (χ1v) is 10.6. The third-order valence-electron chi connectivity index (χ3n) is 4.36. The Morgan fingerprint density at radius 1 is 1.07 bits per heavy atom. The summed E-state index contributed by atoms with van der Waals surface area (Å²) in [5, 5.41) is 2.77. The zero-order valence-electron chi connectivity index (χ0n) is 15.8. The number of fused-ring (bicyclic) bond motifs is 1. The molecule has 150 valence electrons. The minimum absolute atomic E-state index is 0.120. The third kappa shape index (κ3) is 4.82. The lowest BCUT2D eigenvalue weighted by molar-refractivity contribution is -0.124. The number of carbonyl (C=O) groups is 1. The molecule has 8 heteroatoms. The van der Waals surface area contributed by atoms with Crippen LogP contribution in [0.15, 0.2) is 59.5 Å². The number of ether oxygens (including phenoxy) is 2. The van der Waals surface area contributed by atoms with Crippen LogP contribution in [0.25, 0.3) is 0 Å². The molecule has 2 atom stereocenters. The summed E-state index contributed by atoms with van der Waals surface area (Å²) < 4.78 is 39.1. The van der Waals surface area contributed by atoms with Crippen LogP contribution < -0.4 is 19.5 Å². The van der Waals surface area contributed by atoms with E-state index in [-0.39, 0.29) is 23.5 Å². The lowest BCUT2D eigenvalue weighted by Gasteiger charge is -2.28. The molecule has 7 nitrogen and oxygen atoms in total. The predicted molar refractivity (Wildman–Crippen MR) is 105 cm³/mol. The van der Waals surface area contributed by atoms with Gasteiger partial charge in [-0.05, 0) is 30.2 Å². The van der Waals surface area contributed by atoms with Gasteiger partial charge in [0, 0.05) is 0 Å². The van der Waals surface area contributed by atoms with Gasteiger partial charge >= 0.3 is 0 Å². The summed E-state index contributed by atoms with van der Waals surface area (Å²) in [6.45, 7) is 4.09. The molecule has 1 heterocycles. The molecule has 2 N–H and O–H groups in total. The maximum Gasteiger partial charge on any atom is 0.241 e. The SMILES string of the molecule is CC(C)[C@H](NS(=O)(=O)c1ccccc1)C(=O)NC[C@H]1COc2ccccc2O1. The highest BCUT2D eigenvalue weighted by molar-refractivity contribution is 7.89. The summed E-state index contributed by atoms with van der Waals surface area (Å²) in [6, 6.07) is 14.4.